The molecule has 0 spiro atoms. The summed E-state index contributed by atoms with van der Waals surface area (Å²) in [6, 6.07) is 8.41. The Morgan fingerprint density at radius 3 is 2.67 bits per heavy atom. The molecule has 0 N–H and O–H groups in total. The Hall–Kier alpha value is -1.00. The van der Waals surface area contributed by atoms with Crippen LogP contribution in [0.25, 0.3) is 0 Å². The summed E-state index contributed by atoms with van der Waals surface area (Å²) in [5.74, 6) is 0. The molecule has 0 aromatic heterocycles. The van der Waals surface area contributed by atoms with E-state index in [0.29, 0.717) is 0 Å². The summed E-state index contributed by atoms with van der Waals surface area (Å²) < 4.78 is 0. The molecule has 0 radical (unpaired) electrons. The molecule has 2 heteroatoms. The van der Waals surface area contributed by atoms with Crippen LogP contribution >= 0.6 is 11.6 Å². The summed E-state index contributed by atoms with van der Waals surface area (Å²) >= 11 is 5.90. The van der Waals surface area contributed by atoms with Gasteiger partial charge in [-0.05, 0) is 49.4 Å². The first-order chi connectivity index (χ1) is 7.15. The van der Waals surface area contributed by atoms with Gasteiger partial charge >= 0.3 is 0 Å². The number of nitriles is 1. The Labute approximate surface area is 95.7 Å². The largest absolute Gasteiger partial charge is 0.198 e. The molecule has 0 bridgehead atoms. The zero-order valence-corrected chi connectivity index (χ0v) is 9.64. The lowest BCUT2D eigenvalue weighted by atomic mass is 9.66. The molecule has 0 amide bonds. The monoisotopic (exact) mass is 219 g/mol. The third-order valence-corrected chi connectivity index (χ3v) is 3.62. The predicted molar refractivity (Wildman–Crippen MR) is 61.8 cm³/mol. The second-order valence-corrected chi connectivity index (χ2v) is 4.93. The molecule has 1 aliphatic rings. The smallest absolute Gasteiger partial charge is 0.0693 e. The second kappa shape index (κ2) is 3.87. The second-order valence-electron chi connectivity index (χ2n) is 4.49. The molecule has 0 unspecified atom stereocenters. The van der Waals surface area contributed by atoms with Gasteiger partial charge in [-0.3, -0.25) is 0 Å². The number of halogens is 1. The van der Waals surface area contributed by atoms with Crippen LogP contribution in [-0.4, -0.2) is 0 Å². The van der Waals surface area contributed by atoms with Gasteiger partial charge in [0.2, 0.25) is 0 Å². The number of nitrogens with zero attached hydrogens (tertiary/aromatic N) is 1. The molecular formula is C13H14ClN. The van der Waals surface area contributed by atoms with E-state index in [1.54, 1.807) is 0 Å². The van der Waals surface area contributed by atoms with Crippen molar-refractivity contribution in [2.24, 2.45) is 5.41 Å². The van der Waals surface area contributed by atoms with Gasteiger partial charge in [0.15, 0.2) is 0 Å². The first-order valence-electron chi connectivity index (χ1n) is 5.31. The van der Waals surface area contributed by atoms with E-state index in [9.17, 15) is 0 Å². The summed E-state index contributed by atoms with van der Waals surface area (Å²) in [5.41, 5.74) is 2.38. The van der Waals surface area contributed by atoms with Gasteiger partial charge in [0.1, 0.15) is 0 Å². The summed E-state index contributed by atoms with van der Waals surface area (Å²) in [5, 5.41) is 9.94. The van der Waals surface area contributed by atoms with E-state index in [4.69, 9.17) is 16.9 Å². The Morgan fingerprint density at radius 2 is 2.20 bits per heavy atom. The minimum absolute atomic E-state index is 0.0847. The molecule has 1 aromatic carbocycles. The van der Waals surface area contributed by atoms with E-state index in [2.05, 4.69) is 19.1 Å². The van der Waals surface area contributed by atoms with E-state index < -0.39 is 0 Å². The number of hydrogen-bond acceptors (Lipinski definition) is 1. The maximum Gasteiger partial charge on any atom is 0.0693 e. The lowest BCUT2D eigenvalue weighted by Crippen LogP contribution is -2.30. The number of benzene rings is 1. The van der Waals surface area contributed by atoms with Gasteiger partial charge < -0.3 is 0 Å². The van der Waals surface area contributed by atoms with Crippen LogP contribution < -0.4 is 0 Å². The summed E-state index contributed by atoms with van der Waals surface area (Å²) in [6.45, 7) is 2.06. The van der Waals surface area contributed by atoms with E-state index in [1.165, 1.54) is 17.5 Å². The van der Waals surface area contributed by atoms with Crippen molar-refractivity contribution in [3.8, 4) is 6.07 Å². The van der Waals surface area contributed by atoms with Crippen molar-refractivity contribution in [1.82, 2.24) is 0 Å². The maximum atomic E-state index is 9.17. The average Bonchev–Trinajstić information content (AvgIpc) is 2.14. The highest BCUT2D eigenvalue weighted by Crippen LogP contribution is 2.43. The fraction of sp³-hybridized carbons (Fsp3) is 0.462. The van der Waals surface area contributed by atoms with Crippen LogP contribution in [0.15, 0.2) is 18.2 Å². The normalized spacial score (nSPS) is 17.9. The van der Waals surface area contributed by atoms with Gasteiger partial charge in [-0.1, -0.05) is 24.1 Å². The Balaban J connectivity index is 2.21. The first kappa shape index (κ1) is 10.5. The molecule has 15 heavy (non-hydrogen) atoms. The summed E-state index contributed by atoms with van der Waals surface area (Å²) in [6.07, 6.45) is 4.17. The Bertz CT molecular complexity index is 413. The maximum absolute atomic E-state index is 9.17. The SMILES string of the molecule is Cc1cc(Cl)ccc1CC1(C#N)CCC1. The van der Waals surface area contributed by atoms with Gasteiger partial charge in [-0.2, -0.15) is 5.26 Å². The van der Waals surface area contributed by atoms with Crippen LogP contribution in [0.5, 0.6) is 0 Å². The van der Waals surface area contributed by atoms with Crippen LogP contribution in [0.3, 0.4) is 0 Å². The molecule has 1 nitrogen and oxygen atoms in total. The molecule has 0 saturated heterocycles. The molecule has 78 valence electrons. The van der Waals surface area contributed by atoms with Crippen molar-refractivity contribution in [3.05, 3.63) is 34.3 Å². The zero-order chi connectivity index (χ0) is 10.9. The molecule has 2 rings (SSSR count). The van der Waals surface area contributed by atoms with Gasteiger partial charge in [-0.25, -0.2) is 0 Å². The molecule has 1 aromatic rings. The summed E-state index contributed by atoms with van der Waals surface area (Å²) in [4.78, 5) is 0. The number of rotatable bonds is 2. The van der Waals surface area contributed by atoms with Crippen molar-refractivity contribution >= 4 is 11.6 Å². The summed E-state index contributed by atoms with van der Waals surface area (Å²) in [7, 11) is 0. The van der Waals surface area contributed by atoms with Crippen molar-refractivity contribution in [1.29, 1.82) is 5.26 Å². The first-order valence-corrected chi connectivity index (χ1v) is 5.69. The molecule has 0 atom stereocenters. The molecular weight excluding hydrogens is 206 g/mol. The van der Waals surface area contributed by atoms with Crippen molar-refractivity contribution < 1.29 is 0 Å². The average molecular weight is 220 g/mol. The van der Waals surface area contributed by atoms with E-state index >= 15 is 0 Å². The standard InChI is InChI=1S/C13H14ClN/c1-10-7-12(14)4-3-11(10)8-13(9-15)5-2-6-13/h3-4,7H,2,5-6,8H2,1H3. The third kappa shape index (κ3) is 2.01. The highest BCUT2D eigenvalue weighted by molar-refractivity contribution is 6.30. The highest BCUT2D eigenvalue weighted by atomic mass is 35.5. The molecule has 1 fully saturated rings. The zero-order valence-electron chi connectivity index (χ0n) is 8.89. The van der Waals surface area contributed by atoms with E-state index in [-0.39, 0.29) is 5.41 Å². The van der Waals surface area contributed by atoms with Gasteiger partial charge in [0.25, 0.3) is 0 Å². The topological polar surface area (TPSA) is 23.8 Å². The minimum atomic E-state index is -0.0847. The van der Waals surface area contributed by atoms with E-state index in [1.807, 2.05) is 12.1 Å². The lowest BCUT2D eigenvalue weighted by Gasteiger charge is -2.35. The highest BCUT2D eigenvalue weighted by Gasteiger charge is 2.37. The Morgan fingerprint density at radius 1 is 1.47 bits per heavy atom. The van der Waals surface area contributed by atoms with Gasteiger partial charge in [-0.15, -0.1) is 0 Å². The number of hydrogen-bond donors (Lipinski definition) is 0. The van der Waals surface area contributed by atoms with E-state index in [0.717, 1.165) is 24.3 Å². The molecule has 1 aliphatic carbocycles. The fourth-order valence-corrected chi connectivity index (χ4v) is 2.38. The minimum Gasteiger partial charge on any atom is -0.198 e. The lowest BCUT2D eigenvalue weighted by molar-refractivity contribution is 0.214. The Kier molecular flexibility index (Phi) is 2.71. The van der Waals surface area contributed by atoms with Crippen molar-refractivity contribution in [2.75, 3.05) is 0 Å². The van der Waals surface area contributed by atoms with Gasteiger partial charge in [0, 0.05) is 5.02 Å². The van der Waals surface area contributed by atoms with Crippen LogP contribution in [0.2, 0.25) is 5.02 Å². The number of aryl methyl sites for hydroxylation is 1. The predicted octanol–water partition coefficient (Wildman–Crippen LogP) is 3.88. The van der Waals surface area contributed by atoms with Crippen molar-refractivity contribution in [2.45, 2.75) is 32.6 Å². The van der Waals surface area contributed by atoms with Crippen LogP contribution in [0, 0.1) is 23.7 Å². The molecule has 0 aliphatic heterocycles. The quantitative estimate of drug-likeness (QED) is 0.741. The van der Waals surface area contributed by atoms with Crippen LogP contribution in [0.1, 0.15) is 30.4 Å². The van der Waals surface area contributed by atoms with Gasteiger partial charge in [0.05, 0.1) is 11.5 Å². The van der Waals surface area contributed by atoms with Crippen LogP contribution in [-0.2, 0) is 6.42 Å². The third-order valence-electron chi connectivity index (χ3n) is 3.38. The fourth-order valence-electron chi connectivity index (χ4n) is 2.15. The van der Waals surface area contributed by atoms with Crippen LogP contribution in [0.4, 0.5) is 0 Å². The molecule has 0 heterocycles. The molecule has 1 saturated carbocycles. The van der Waals surface area contributed by atoms with Crippen molar-refractivity contribution in [3.63, 3.8) is 0 Å².